The molecule has 2 N–H and O–H groups in total. The highest BCUT2D eigenvalue weighted by Gasteiger charge is 2.21. The van der Waals surface area contributed by atoms with Crippen molar-refractivity contribution in [3.8, 4) is 0 Å². The largest absolute Gasteiger partial charge is 0.481 e. The van der Waals surface area contributed by atoms with Gasteiger partial charge in [0.25, 0.3) is 0 Å². The van der Waals surface area contributed by atoms with Crippen LogP contribution in [0, 0.1) is 17.8 Å². The topological polar surface area (TPSA) is 102 Å². The number of hydrogen-bond donors (Lipinski definition) is 2. The first-order valence-electron chi connectivity index (χ1n) is 8.02. The summed E-state index contributed by atoms with van der Waals surface area (Å²) in [5.74, 6) is -1.48. The van der Waals surface area contributed by atoms with Crippen molar-refractivity contribution < 1.29 is 29.0 Å². The molecule has 0 bridgehead atoms. The minimum Gasteiger partial charge on any atom is -0.481 e. The number of aliphatic carboxylic acids is 1. The maximum Gasteiger partial charge on any atom is 0.410 e. The highest BCUT2D eigenvalue weighted by molar-refractivity contribution is 5.72. The van der Waals surface area contributed by atoms with Gasteiger partial charge in [0.05, 0.1) is 5.92 Å². The van der Waals surface area contributed by atoms with Crippen LogP contribution in [0.2, 0.25) is 0 Å². The molecule has 7 heteroatoms. The van der Waals surface area contributed by atoms with E-state index in [9.17, 15) is 14.4 Å². The molecule has 2 unspecified atom stereocenters. The van der Waals surface area contributed by atoms with Crippen LogP contribution in [0.4, 0.5) is 4.79 Å². The lowest BCUT2D eigenvalue weighted by atomic mass is 9.94. The molecule has 2 atom stereocenters. The van der Waals surface area contributed by atoms with Crippen LogP contribution in [0.25, 0.3) is 0 Å². The molecular weight excluding hydrogens is 302 g/mol. The van der Waals surface area contributed by atoms with Gasteiger partial charge < -0.3 is 19.9 Å². The van der Waals surface area contributed by atoms with Crippen molar-refractivity contribution >= 4 is 18.0 Å². The van der Waals surface area contributed by atoms with E-state index >= 15 is 0 Å². The Morgan fingerprint density at radius 1 is 1.09 bits per heavy atom. The first-order chi connectivity index (χ1) is 10.6. The van der Waals surface area contributed by atoms with Crippen LogP contribution in [0.3, 0.4) is 0 Å². The van der Waals surface area contributed by atoms with Gasteiger partial charge in [-0.25, -0.2) is 4.79 Å². The number of carboxylic acids is 1. The first-order valence-corrected chi connectivity index (χ1v) is 8.02. The van der Waals surface area contributed by atoms with Gasteiger partial charge >= 0.3 is 18.0 Å². The Morgan fingerprint density at radius 3 is 2.13 bits per heavy atom. The Labute approximate surface area is 137 Å². The summed E-state index contributed by atoms with van der Waals surface area (Å²) in [7, 11) is 0. The smallest absolute Gasteiger partial charge is 0.410 e. The van der Waals surface area contributed by atoms with E-state index in [1.165, 1.54) is 0 Å². The summed E-state index contributed by atoms with van der Waals surface area (Å²) in [5.41, 5.74) is 0. The Hall–Kier alpha value is -1.79. The number of hydrogen-bond acceptors (Lipinski definition) is 5. The summed E-state index contributed by atoms with van der Waals surface area (Å²) in [6.07, 6.45) is -0.638. The van der Waals surface area contributed by atoms with Gasteiger partial charge in [0.2, 0.25) is 6.29 Å². The summed E-state index contributed by atoms with van der Waals surface area (Å²) < 4.78 is 10.1. The second kappa shape index (κ2) is 10.9. The molecule has 23 heavy (non-hydrogen) atoms. The van der Waals surface area contributed by atoms with Crippen LogP contribution >= 0.6 is 0 Å². The van der Waals surface area contributed by atoms with Crippen LogP contribution in [0.1, 0.15) is 53.9 Å². The highest BCUT2D eigenvalue weighted by Crippen LogP contribution is 2.15. The van der Waals surface area contributed by atoms with Crippen LogP contribution in [-0.4, -0.2) is 36.0 Å². The molecule has 0 aliphatic carbocycles. The van der Waals surface area contributed by atoms with Gasteiger partial charge in [0.1, 0.15) is 0 Å². The number of esters is 1. The van der Waals surface area contributed by atoms with Crippen molar-refractivity contribution in [2.45, 2.75) is 60.2 Å². The normalized spacial score (nSPS) is 13.5. The van der Waals surface area contributed by atoms with Crippen LogP contribution in [0.15, 0.2) is 0 Å². The average Bonchev–Trinajstić information content (AvgIpc) is 2.42. The Balaban J connectivity index is 4.37. The molecule has 7 nitrogen and oxygen atoms in total. The fraction of sp³-hybridized carbons (Fsp3) is 0.812. The average molecular weight is 331 g/mol. The molecule has 0 spiro atoms. The lowest BCUT2D eigenvalue weighted by Gasteiger charge is -2.20. The summed E-state index contributed by atoms with van der Waals surface area (Å²) in [6.45, 7) is 9.31. The molecule has 0 heterocycles. The second-order valence-corrected chi connectivity index (χ2v) is 6.31. The van der Waals surface area contributed by atoms with Gasteiger partial charge in [-0.2, -0.15) is 0 Å². The van der Waals surface area contributed by atoms with E-state index in [-0.39, 0.29) is 24.8 Å². The van der Waals surface area contributed by atoms with Gasteiger partial charge in [-0.1, -0.05) is 34.6 Å². The predicted molar refractivity (Wildman–Crippen MR) is 84.7 cm³/mol. The zero-order valence-electron chi connectivity index (χ0n) is 14.6. The first kappa shape index (κ1) is 21.2. The van der Waals surface area contributed by atoms with Gasteiger partial charge in [-0.05, 0) is 18.3 Å². The number of carboxylic acid groups (broad SMARTS) is 1. The minimum absolute atomic E-state index is 0.0159. The van der Waals surface area contributed by atoms with Crippen molar-refractivity contribution in [3.63, 3.8) is 0 Å². The Morgan fingerprint density at radius 2 is 1.70 bits per heavy atom. The van der Waals surface area contributed by atoms with E-state index in [1.807, 2.05) is 13.8 Å². The van der Waals surface area contributed by atoms with Crippen molar-refractivity contribution in [3.05, 3.63) is 0 Å². The SMILES string of the molecule is CCC(OC(=O)NCC(CC(=O)O)CC(C)C)OC(=O)C(C)C. The number of amides is 1. The van der Waals surface area contributed by atoms with E-state index in [1.54, 1.807) is 20.8 Å². The monoisotopic (exact) mass is 331 g/mol. The summed E-state index contributed by atoms with van der Waals surface area (Å²) in [5, 5.41) is 11.4. The summed E-state index contributed by atoms with van der Waals surface area (Å²) in [4.78, 5) is 34.1. The molecule has 0 fully saturated rings. The number of nitrogens with one attached hydrogen (secondary N) is 1. The molecule has 0 aromatic heterocycles. The third-order valence-electron chi connectivity index (χ3n) is 3.09. The third-order valence-corrected chi connectivity index (χ3v) is 3.09. The zero-order chi connectivity index (χ0) is 18.0. The molecule has 0 rings (SSSR count). The maximum absolute atomic E-state index is 11.8. The maximum atomic E-state index is 11.8. The van der Waals surface area contributed by atoms with Gasteiger partial charge in [-0.3, -0.25) is 9.59 Å². The third kappa shape index (κ3) is 10.5. The van der Waals surface area contributed by atoms with E-state index in [0.29, 0.717) is 18.8 Å². The Bertz CT molecular complexity index is 394. The van der Waals surface area contributed by atoms with Gasteiger partial charge in [0.15, 0.2) is 0 Å². The van der Waals surface area contributed by atoms with Crippen LogP contribution in [0.5, 0.6) is 0 Å². The van der Waals surface area contributed by atoms with Crippen LogP contribution < -0.4 is 5.32 Å². The van der Waals surface area contributed by atoms with Crippen molar-refractivity contribution in [1.29, 1.82) is 0 Å². The molecule has 0 aliphatic heterocycles. The molecule has 0 aliphatic rings. The van der Waals surface area contributed by atoms with E-state index in [0.717, 1.165) is 0 Å². The lowest BCUT2D eigenvalue weighted by molar-refractivity contribution is -0.172. The molecule has 0 aromatic carbocycles. The van der Waals surface area contributed by atoms with Crippen molar-refractivity contribution in [2.75, 3.05) is 6.54 Å². The zero-order valence-corrected chi connectivity index (χ0v) is 14.6. The second-order valence-electron chi connectivity index (χ2n) is 6.31. The fourth-order valence-corrected chi connectivity index (χ4v) is 2.00. The highest BCUT2D eigenvalue weighted by atomic mass is 16.7. The minimum atomic E-state index is -0.937. The van der Waals surface area contributed by atoms with Crippen molar-refractivity contribution in [1.82, 2.24) is 5.32 Å². The van der Waals surface area contributed by atoms with E-state index in [4.69, 9.17) is 14.6 Å². The molecule has 0 saturated heterocycles. The number of rotatable bonds is 10. The van der Waals surface area contributed by atoms with E-state index in [2.05, 4.69) is 5.32 Å². The number of alkyl carbamates (subject to hydrolysis) is 1. The standard InChI is InChI=1S/C16H29NO6/c1-6-14(22-15(20)11(4)5)23-16(21)17-9-12(7-10(2)3)8-13(18)19/h10-12,14H,6-9H2,1-5H3,(H,17,21)(H,18,19). The summed E-state index contributed by atoms with van der Waals surface area (Å²) in [6, 6.07) is 0. The van der Waals surface area contributed by atoms with Crippen molar-refractivity contribution in [2.24, 2.45) is 17.8 Å². The number of carbonyl (C=O) groups is 3. The number of ether oxygens (including phenoxy) is 2. The lowest BCUT2D eigenvalue weighted by Crippen LogP contribution is -2.35. The van der Waals surface area contributed by atoms with Gasteiger partial charge in [-0.15, -0.1) is 0 Å². The molecule has 1 amide bonds. The predicted octanol–water partition coefficient (Wildman–Crippen LogP) is 2.78. The molecule has 0 aromatic rings. The van der Waals surface area contributed by atoms with Gasteiger partial charge in [0, 0.05) is 19.4 Å². The summed E-state index contributed by atoms with van der Waals surface area (Å²) >= 11 is 0. The van der Waals surface area contributed by atoms with E-state index < -0.39 is 24.3 Å². The molecule has 0 saturated carbocycles. The quantitative estimate of drug-likeness (QED) is 0.471. The number of carbonyl (C=O) groups excluding carboxylic acids is 2. The molecule has 134 valence electrons. The molecular formula is C16H29NO6. The fourth-order valence-electron chi connectivity index (χ4n) is 2.00. The molecule has 0 radical (unpaired) electrons. The van der Waals surface area contributed by atoms with Crippen LogP contribution in [-0.2, 0) is 19.1 Å². The Kier molecular flexibility index (Phi) is 10.0.